The molecule has 0 unspecified atom stereocenters. The van der Waals surface area contributed by atoms with Gasteiger partial charge in [-0.25, -0.2) is 0 Å². The molecule has 0 atom stereocenters. The van der Waals surface area contributed by atoms with Crippen LogP contribution in [0, 0.1) is 0 Å². The first-order chi connectivity index (χ1) is 9.74. The second kappa shape index (κ2) is 10.6. The summed E-state index contributed by atoms with van der Waals surface area (Å²) in [6.45, 7) is 2.84. The molecule has 6 heteroatoms. The summed E-state index contributed by atoms with van der Waals surface area (Å²) in [6.07, 6.45) is 0.850. The lowest BCUT2D eigenvalue weighted by Gasteiger charge is -2.08. The van der Waals surface area contributed by atoms with Crippen LogP contribution in [0.5, 0.6) is 0 Å². The molecule has 0 radical (unpaired) electrons. The van der Waals surface area contributed by atoms with Crippen LogP contribution in [-0.4, -0.2) is 45.9 Å². The van der Waals surface area contributed by atoms with Gasteiger partial charge in [0.1, 0.15) is 0 Å². The Balaban J connectivity index is 2.05. The van der Waals surface area contributed by atoms with Crippen molar-refractivity contribution in [1.29, 1.82) is 0 Å². The minimum absolute atomic E-state index is 0.113. The molecule has 0 saturated carbocycles. The Morgan fingerprint density at radius 3 is 2.80 bits per heavy atom. The molecule has 112 valence electrons. The molecule has 1 aromatic rings. The lowest BCUT2D eigenvalue weighted by atomic mass is 10.3. The van der Waals surface area contributed by atoms with Crippen LogP contribution in [0.25, 0.3) is 0 Å². The van der Waals surface area contributed by atoms with E-state index >= 15 is 0 Å². The molecule has 0 aliphatic heterocycles. The SMILES string of the molecule is COCCOCCCNCC(=O)Nc1ccccc1Cl. The van der Waals surface area contributed by atoms with Crippen molar-refractivity contribution in [2.45, 2.75) is 6.42 Å². The summed E-state index contributed by atoms with van der Waals surface area (Å²) in [5.41, 5.74) is 0.629. The summed E-state index contributed by atoms with van der Waals surface area (Å²) in [7, 11) is 1.64. The molecule has 1 amide bonds. The second-order valence-corrected chi connectivity index (χ2v) is 4.57. The molecule has 20 heavy (non-hydrogen) atoms. The molecule has 0 aliphatic carbocycles. The largest absolute Gasteiger partial charge is 0.382 e. The fraction of sp³-hybridized carbons (Fsp3) is 0.500. The van der Waals surface area contributed by atoms with Crippen LogP contribution in [0.2, 0.25) is 5.02 Å². The van der Waals surface area contributed by atoms with Crippen molar-refractivity contribution in [3.05, 3.63) is 29.3 Å². The third-order valence-electron chi connectivity index (χ3n) is 2.51. The molecule has 1 aromatic carbocycles. The van der Waals surface area contributed by atoms with Gasteiger partial charge >= 0.3 is 0 Å². The van der Waals surface area contributed by atoms with Gasteiger partial charge in [0.15, 0.2) is 0 Å². The zero-order valence-electron chi connectivity index (χ0n) is 11.7. The molecule has 2 N–H and O–H groups in total. The van der Waals surface area contributed by atoms with E-state index in [2.05, 4.69) is 10.6 Å². The van der Waals surface area contributed by atoms with Gasteiger partial charge in [-0.15, -0.1) is 0 Å². The van der Waals surface area contributed by atoms with Crippen LogP contribution in [-0.2, 0) is 14.3 Å². The van der Waals surface area contributed by atoms with Crippen molar-refractivity contribution in [2.24, 2.45) is 0 Å². The number of ether oxygens (including phenoxy) is 2. The molecule has 0 spiro atoms. The van der Waals surface area contributed by atoms with Crippen LogP contribution in [0.15, 0.2) is 24.3 Å². The fourth-order valence-electron chi connectivity index (χ4n) is 1.50. The lowest BCUT2D eigenvalue weighted by Crippen LogP contribution is -2.29. The standard InChI is InChI=1S/C14H21ClN2O3/c1-19-9-10-20-8-4-7-16-11-14(18)17-13-6-3-2-5-12(13)15/h2-3,5-6,16H,4,7-11H2,1H3,(H,17,18). The van der Waals surface area contributed by atoms with Crippen molar-refractivity contribution in [3.8, 4) is 0 Å². The number of hydrogen-bond acceptors (Lipinski definition) is 4. The Kier molecular flexibility index (Phi) is 8.98. The molecule has 0 heterocycles. The van der Waals surface area contributed by atoms with Gasteiger partial charge in [-0.2, -0.15) is 0 Å². The van der Waals surface area contributed by atoms with Gasteiger partial charge in [-0.1, -0.05) is 23.7 Å². The minimum atomic E-state index is -0.113. The topological polar surface area (TPSA) is 59.6 Å². The van der Waals surface area contributed by atoms with Gasteiger partial charge in [-0.05, 0) is 25.1 Å². The number of halogens is 1. The van der Waals surface area contributed by atoms with Gasteiger partial charge in [0.2, 0.25) is 5.91 Å². The number of benzene rings is 1. The summed E-state index contributed by atoms with van der Waals surface area (Å²) < 4.78 is 10.2. The molecule has 0 aromatic heterocycles. The number of hydrogen-bond donors (Lipinski definition) is 2. The van der Waals surface area contributed by atoms with E-state index in [1.807, 2.05) is 12.1 Å². The Labute approximate surface area is 124 Å². The monoisotopic (exact) mass is 300 g/mol. The van der Waals surface area contributed by atoms with Crippen LogP contribution in [0.3, 0.4) is 0 Å². The van der Waals surface area contributed by atoms with Crippen LogP contribution in [0.4, 0.5) is 5.69 Å². The number of amides is 1. The van der Waals surface area contributed by atoms with E-state index in [1.54, 1.807) is 19.2 Å². The first-order valence-corrected chi connectivity index (χ1v) is 6.93. The van der Waals surface area contributed by atoms with E-state index in [-0.39, 0.29) is 12.5 Å². The zero-order valence-corrected chi connectivity index (χ0v) is 12.4. The molecule has 0 bridgehead atoms. The number of anilines is 1. The zero-order chi connectivity index (χ0) is 14.6. The first-order valence-electron chi connectivity index (χ1n) is 6.56. The summed E-state index contributed by atoms with van der Waals surface area (Å²) in [4.78, 5) is 11.7. The normalized spacial score (nSPS) is 10.5. The maximum absolute atomic E-state index is 11.7. The van der Waals surface area contributed by atoms with Crippen LogP contribution < -0.4 is 10.6 Å². The molecule has 0 aliphatic rings. The highest BCUT2D eigenvalue weighted by Gasteiger charge is 2.04. The Morgan fingerprint density at radius 1 is 1.25 bits per heavy atom. The van der Waals surface area contributed by atoms with Gasteiger partial charge in [0.25, 0.3) is 0 Å². The predicted molar refractivity (Wildman–Crippen MR) is 80.3 cm³/mol. The number of nitrogens with one attached hydrogen (secondary N) is 2. The van der Waals surface area contributed by atoms with Gasteiger partial charge in [0, 0.05) is 13.7 Å². The van der Waals surface area contributed by atoms with Crippen molar-refractivity contribution < 1.29 is 14.3 Å². The van der Waals surface area contributed by atoms with Crippen molar-refractivity contribution in [3.63, 3.8) is 0 Å². The maximum Gasteiger partial charge on any atom is 0.238 e. The van der Waals surface area contributed by atoms with Crippen LogP contribution >= 0.6 is 11.6 Å². The number of carbonyl (C=O) groups excluding carboxylic acids is 1. The predicted octanol–water partition coefficient (Wildman–Crippen LogP) is 1.92. The maximum atomic E-state index is 11.7. The third kappa shape index (κ3) is 7.45. The molecular weight excluding hydrogens is 280 g/mol. The number of methoxy groups -OCH3 is 1. The van der Waals surface area contributed by atoms with E-state index in [0.29, 0.717) is 30.5 Å². The summed E-state index contributed by atoms with van der Waals surface area (Å²) >= 11 is 5.95. The first kappa shape index (κ1) is 16.9. The number of para-hydroxylation sites is 1. The Bertz CT molecular complexity index is 402. The summed E-state index contributed by atoms with van der Waals surface area (Å²) in [5.74, 6) is -0.113. The number of rotatable bonds is 10. The highest BCUT2D eigenvalue weighted by Crippen LogP contribution is 2.19. The van der Waals surface area contributed by atoms with Gasteiger partial charge < -0.3 is 20.1 Å². The lowest BCUT2D eigenvalue weighted by molar-refractivity contribution is -0.115. The van der Waals surface area contributed by atoms with Crippen LogP contribution in [0.1, 0.15) is 6.42 Å². The number of carbonyl (C=O) groups is 1. The average Bonchev–Trinajstić information content (AvgIpc) is 2.44. The van der Waals surface area contributed by atoms with E-state index in [4.69, 9.17) is 21.1 Å². The quantitative estimate of drug-likeness (QED) is 0.648. The van der Waals surface area contributed by atoms with Crippen molar-refractivity contribution in [1.82, 2.24) is 5.32 Å². The highest BCUT2D eigenvalue weighted by molar-refractivity contribution is 6.33. The molecular formula is C14H21ClN2O3. The summed E-state index contributed by atoms with van der Waals surface area (Å²) in [6, 6.07) is 7.15. The Morgan fingerprint density at radius 2 is 2.05 bits per heavy atom. The minimum Gasteiger partial charge on any atom is -0.382 e. The smallest absolute Gasteiger partial charge is 0.238 e. The highest BCUT2D eigenvalue weighted by atomic mass is 35.5. The van der Waals surface area contributed by atoms with E-state index < -0.39 is 0 Å². The second-order valence-electron chi connectivity index (χ2n) is 4.16. The van der Waals surface area contributed by atoms with E-state index in [1.165, 1.54) is 0 Å². The fourth-order valence-corrected chi connectivity index (χ4v) is 1.69. The molecule has 5 nitrogen and oxygen atoms in total. The van der Waals surface area contributed by atoms with Gasteiger partial charge in [-0.3, -0.25) is 4.79 Å². The van der Waals surface area contributed by atoms with E-state index in [0.717, 1.165) is 13.0 Å². The molecule has 1 rings (SSSR count). The summed E-state index contributed by atoms with van der Waals surface area (Å²) in [5, 5.41) is 6.33. The van der Waals surface area contributed by atoms with Gasteiger partial charge in [0.05, 0.1) is 30.5 Å². The van der Waals surface area contributed by atoms with Crippen molar-refractivity contribution >= 4 is 23.2 Å². The molecule has 0 fully saturated rings. The van der Waals surface area contributed by atoms with E-state index in [9.17, 15) is 4.79 Å². The Hall–Kier alpha value is -1.14. The molecule has 0 saturated heterocycles. The van der Waals surface area contributed by atoms with Crippen molar-refractivity contribution in [2.75, 3.05) is 45.3 Å². The average molecular weight is 301 g/mol. The third-order valence-corrected chi connectivity index (χ3v) is 2.84.